The third-order valence-corrected chi connectivity index (χ3v) is 13.5. The molecule has 0 bridgehead atoms. The molecule has 6 heterocycles. The Morgan fingerprint density at radius 1 is 0.781 bits per heavy atom. The van der Waals surface area contributed by atoms with E-state index >= 15 is 0 Å². The number of ether oxygens (including phenoxy) is 4. The van der Waals surface area contributed by atoms with Gasteiger partial charge in [-0.25, -0.2) is 24.5 Å². The van der Waals surface area contributed by atoms with Gasteiger partial charge < -0.3 is 49.3 Å². The number of carbonyl (C=O) groups is 4. The second kappa shape index (κ2) is 17.5. The Morgan fingerprint density at radius 2 is 1.45 bits per heavy atom. The Labute approximate surface area is 371 Å². The van der Waals surface area contributed by atoms with Crippen molar-refractivity contribution in [2.45, 2.75) is 102 Å². The number of likely N-dealkylation sites (tertiary alicyclic amines) is 2. The zero-order chi connectivity index (χ0) is 44.9. The van der Waals surface area contributed by atoms with Crippen molar-refractivity contribution in [2.75, 3.05) is 34.0 Å². The van der Waals surface area contributed by atoms with E-state index in [2.05, 4.69) is 32.7 Å². The number of nitrogens with one attached hydrogen (secondary N) is 4. The Hall–Kier alpha value is -6.07. The lowest BCUT2D eigenvalue weighted by atomic mass is 9.84. The van der Waals surface area contributed by atoms with E-state index in [4.69, 9.17) is 33.9 Å². The zero-order valence-electron chi connectivity index (χ0n) is 37.2. The maximum Gasteiger partial charge on any atom is 0.407 e. The number of nitrogens with zero attached hydrogens (tertiary/aromatic N) is 5. The molecule has 17 nitrogen and oxygen atoms in total. The van der Waals surface area contributed by atoms with Crippen LogP contribution in [0.2, 0.25) is 0 Å². The highest BCUT2D eigenvalue weighted by molar-refractivity contribution is 5.90. The number of aromatic nitrogens is 5. The first-order valence-electron chi connectivity index (χ1n) is 22.4. The van der Waals surface area contributed by atoms with Crippen LogP contribution in [0.4, 0.5) is 9.59 Å². The van der Waals surface area contributed by atoms with E-state index in [-0.39, 0.29) is 42.3 Å². The predicted octanol–water partition coefficient (Wildman–Crippen LogP) is 6.78. The van der Waals surface area contributed by atoms with E-state index in [1.165, 1.54) is 14.2 Å². The molecule has 64 heavy (non-hydrogen) atoms. The van der Waals surface area contributed by atoms with Gasteiger partial charge in [0.15, 0.2) is 5.79 Å². The number of carbonyl (C=O) groups excluding carboxylic acids is 4. The number of fused-ring (bicyclic) bond motifs is 3. The van der Waals surface area contributed by atoms with Crippen LogP contribution in [0.15, 0.2) is 54.7 Å². The summed E-state index contributed by atoms with van der Waals surface area (Å²) in [6.45, 7) is 8.68. The third-order valence-electron chi connectivity index (χ3n) is 13.5. The summed E-state index contributed by atoms with van der Waals surface area (Å²) in [7, 11) is 2.58. The van der Waals surface area contributed by atoms with Crippen LogP contribution >= 0.6 is 0 Å². The smallest absolute Gasteiger partial charge is 0.407 e. The number of pyridine rings is 1. The number of H-pyrrole nitrogens is 2. The monoisotopic (exact) mass is 875 g/mol. The largest absolute Gasteiger partial charge is 0.453 e. The Bertz CT molecular complexity index is 2560. The average molecular weight is 876 g/mol. The SMILES string of the molecule is COC(=O)N[C@H](C(=O)N1CC2(C[C@H]1c1nc3ccc(-c4ccc5nc(-c6cnc([C@@H]7C[C@@H]8CCCC[C@@H]8N7C(=O)[C@@H](NC(=O)OC)C(C)C)[nH]6)ccc5c4)cc3[nH]1)OCCO2)C(C)C. The summed E-state index contributed by atoms with van der Waals surface area (Å²) in [4.78, 5) is 78.4. The number of hydrogen-bond acceptors (Lipinski definition) is 11. The first-order chi connectivity index (χ1) is 30.8. The Morgan fingerprint density at radius 3 is 2.16 bits per heavy atom. The van der Waals surface area contributed by atoms with Crippen molar-refractivity contribution in [1.82, 2.24) is 45.4 Å². The van der Waals surface area contributed by atoms with E-state index in [0.717, 1.165) is 82.4 Å². The van der Waals surface area contributed by atoms with Crippen LogP contribution < -0.4 is 10.6 Å². The maximum atomic E-state index is 14.3. The normalized spacial score (nSPS) is 22.6. The number of imidazole rings is 2. The number of benzene rings is 2. The topological polar surface area (TPSA) is 206 Å². The second-order valence-corrected chi connectivity index (χ2v) is 18.3. The van der Waals surface area contributed by atoms with Crippen LogP contribution in [-0.4, -0.2) is 117 Å². The van der Waals surface area contributed by atoms with Crippen LogP contribution in [0.1, 0.15) is 90.0 Å². The summed E-state index contributed by atoms with van der Waals surface area (Å²) < 4.78 is 21.8. The zero-order valence-corrected chi connectivity index (χ0v) is 37.2. The molecule has 3 aromatic heterocycles. The molecule has 4 aliphatic rings. The summed E-state index contributed by atoms with van der Waals surface area (Å²) in [6.07, 6.45) is 5.89. The number of methoxy groups -OCH3 is 2. The molecule has 17 heteroatoms. The maximum absolute atomic E-state index is 14.3. The van der Waals surface area contributed by atoms with E-state index in [1.54, 1.807) is 11.1 Å². The van der Waals surface area contributed by atoms with Gasteiger partial charge in [-0.05, 0) is 78.5 Å². The molecule has 4 N–H and O–H groups in total. The summed E-state index contributed by atoms with van der Waals surface area (Å²) in [6, 6.07) is 14.1. The second-order valence-electron chi connectivity index (χ2n) is 18.3. The van der Waals surface area contributed by atoms with Gasteiger partial charge in [-0.1, -0.05) is 58.7 Å². The summed E-state index contributed by atoms with van der Waals surface area (Å²) >= 11 is 0. The van der Waals surface area contributed by atoms with Gasteiger partial charge in [0.25, 0.3) is 0 Å². The molecule has 338 valence electrons. The van der Waals surface area contributed by atoms with Crippen LogP contribution in [0.3, 0.4) is 0 Å². The lowest BCUT2D eigenvalue weighted by Gasteiger charge is -2.36. The molecular weight excluding hydrogens is 819 g/mol. The van der Waals surface area contributed by atoms with Gasteiger partial charge in [0.05, 0.1) is 80.2 Å². The van der Waals surface area contributed by atoms with Crippen molar-refractivity contribution in [3.63, 3.8) is 0 Å². The summed E-state index contributed by atoms with van der Waals surface area (Å²) in [5.74, 6) is 0.0458. The molecular formula is C47H57N9O8. The third kappa shape index (κ3) is 8.15. The molecule has 0 radical (unpaired) electrons. The van der Waals surface area contributed by atoms with Gasteiger partial charge in [0.1, 0.15) is 23.7 Å². The summed E-state index contributed by atoms with van der Waals surface area (Å²) in [5, 5.41) is 6.46. The quantitative estimate of drug-likeness (QED) is 0.115. The molecule has 4 amide bonds. The molecule has 9 rings (SSSR count). The standard InChI is InChI=1S/C47H57N9O8/c1-25(2)39(53-45(59)61-5)43(57)55-24-47(63-17-18-64-47)22-38(55)42-50-32-15-12-28(20-34(32)51-42)27-11-14-31-29(19-27)13-16-33(49-31)35-23-48-41(52-35)37-21-30-9-7-8-10-36(30)56(37)44(58)40(26(3)4)54-46(60)62-6/h11-16,19-20,23,25-26,30,36-40H,7-10,17-18,21-22,24H2,1-6H3,(H,48,52)(H,50,51)(H,53,59)(H,54,60)/t30-,36-,37-,38-,39-,40-/m0/s1. The van der Waals surface area contributed by atoms with Crippen molar-refractivity contribution in [3.05, 3.63) is 66.4 Å². The molecule has 2 aromatic carbocycles. The first kappa shape index (κ1) is 43.2. The summed E-state index contributed by atoms with van der Waals surface area (Å²) in [5.41, 5.74) is 5.85. The van der Waals surface area contributed by atoms with Crippen LogP contribution in [-0.2, 0) is 28.5 Å². The number of alkyl carbamates (subject to hydrolysis) is 2. The fourth-order valence-corrected chi connectivity index (χ4v) is 10.2. The van der Waals surface area contributed by atoms with Gasteiger partial charge in [-0.2, -0.15) is 0 Å². The van der Waals surface area contributed by atoms with Gasteiger partial charge in [-0.3, -0.25) is 9.59 Å². The van der Waals surface area contributed by atoms with E-state index in [9.17, 15) is 19.2 Å². The van der Waals surface area contributed by atoms with Crippen LogP contribution in [0, 0.1) is 17.8 Å². The van der Waals surface area contributed by atoms with E-state index < -0.39 is 36.1 Å². The lowest BCUT2D eigenvalue weighted by Crippen LogP contribution is -2.53. The molecule has 1 aliphatic carbocycles. The van der Waals surface area contributed by atoms with Crippen molar-refractivity contribution in [2.24, 2.45) is 17.8 Å². The molecule has 1 saturated carbocycles. The van der Waals surface area contributed by atoms with E-state index in [1.807, 2.05) is 69.0 Å². The molecule has 3 saturated heterocycles. The number of aromatic amines is 2. The minimum Gasteiger partial charge on any atom is -0.453 e. The fraction of sp³-hybridized carbons (Fsp3) is 0.511. The minimum absolute atomic E-state index is 0.0908. The number of hydrogen-bond donors (Lipinski definition) is 4. The van der Waals surface area contributed by atoms with Gasteiger partial charge in [0.2, 0.25) is 11.8 Å². The Balaban J connectivity index is 0.951. The van der Waals surface area contributed by atoms with Crippen LogP contribution in [0.25, 0.3) is 44.5 Å². The van der Waals surface area contributed by atoms with Gasteiger partial charge in [0, 0.05) is 17.8 Å². The highest BCUT2D eigenvalue weighted by Crippen LogP contribution is 2.47. The number of rotatable bonds is 10. The van der Waals surface area contributed by atoms with Crippen molar-refractivity contribution in [1.29, 1.82) is 0 Å². The molecule has 4 fully saturated rings. The fourth-order valence-electron chi connectivity index (χ4n) is 10.2. The first-order valence-corrected chi connectivity index (χ1v) is 22.4. The highest BCUT2D eigenvalue weighted by atomic mass is 16.7. The number of amides is 4. The lowest BCUT2D eigenvalue weighted by molar-refractivity contribution is -0.153. The molecule has 0 unspecified atom stereocenters. The highest BCUT2D eigenvalue weighted by Gasteiger charge is 2.53. The van der Waals surface area contributed by atoms with Crippen molar-refractivity contribution < 1.29 is 38.1 Å². The average Bonchev–Trinajstić information content (AvgIpc) is 4.16. The van der Waals surface area contributed by atoms with Gasteiger partial charge >= 0.3 is 12.2 Å². The molecule has 6 atom stereocenters. The van der Waals surface area contributed by atoms with Crippen molar-refractivity contribution >= 4 is 45.9 Å². The Kier molecular flexibility index (Phi) is 11.8. The van der Waals surface area contributed by atoms with Crippen molar-refractivity contribution in [3.8, 4) is 22.5 Å². The minimum atomic E-state index is -0.949. The molecule has 3 aliphatic heterocycles. The van der Waals surface area contributed by atoms with Gasteiger partial charge in [-0.15, -0.1) is 0 Å². The van der Waals surface area contributed by atoms with E-state index in [0.29, 0.717) is 31.4 Å². The predicted molar refractivity (Wildman–Crippen MR) is 236 cm³/mol. The molecule has 1 spiro atoms. The molecule has 5 aromatic rings. The van der Waals surface area contributed by atoms with Crippen LogP contribution in [0.5, 0.6) is 0 Å².